The van der Waals surface area contributed by atoms with E-state index < -0.39 is 35.1 Å². The molecule has 34 heavy (non-hydrogen) atoms. The number of nitrogens with one attached hydrogen (secondary N) is 1. The van der Waals surface area contributed by atoms with Gasteiger partial charge in [-0.1, -0.05) is 30.3 Å². The Kier molecular flexibility index (Phi) is 7.70. The average Bonchev–Trinajstić information content (AvgIpc) is 2.83. The molecule has 3 aromatic rings. The fraction of sp³-hybridized carbons (Fsp3) is 0.160. The smallest absolute Gasteiger partial charge is 0.326 e. The lowest BCUT2D eigenvalue weighted by Gasteiger charge is -2.17. The van der Waals surface area contributed by atoms with Crippen LogP contribution in [0.5, 0.6) is 5.75 Å². The van der Waals surface area contributed by atoms with Crippen molar-refractivity contribution in [3.05, 3.63) is 88.5 Å². The van der Waals surface area contributed by atoms with Crippen LogP contribution in [0.1, 0.15) is 31.8 Å². The normalized spacial score (nSPS) is 11.5. The summed E-state index contributed by atoms with van der Waals surface area (Å²) in [4.78, 5) is 35.1. The van der Waals surface area contributed by atoms with Crippen molar-refractivity contribution in [2.45, 2.75) is 19.1 Å². The highest BCUT2D eigenvalue weighted by Gasteiger charge is 2.25. The summed E-state index contributed by atoms with van der Waals surface area (Å²) in [6, 6.07) is 11.1. The van der Waals surface area contributed by atoms with Crippen molar-refractivity contribution in [3.8, 4) is 16.9 Å². The summed E-state index contributed by atoms with van der Waals surface area (Å²) in [5, 5.41) is 21.4. The zero-order valence-corrected chi connectivity index (χ0v) is 18.0. The maximum atomic E-state index is 13.9. The number of benzene rings is 3. The van der Waals surface area contributed by atoms with E-state index in [4.69, 9.17) is 4.74 Å². The van der Waals surface area contributed by atoms with E-state index in [9.17, 15) is 33.4 Å². The molecule has 0 aliphatic rings. The maximum absolute atomic E-state index is 13.9. The lowest BCUT2D eigenvalue weighted by atomic mass is 9.95. The molecule has 1 amide bonds. The van der Waals surface area contributed by atoms with E-state index in [1.54, 1.807) is 24.3 Å². The molecule has 0 bridgehead atoms. The van der Waals surface area contributed by atoms with Crippen LogP contribution < -0.4 is 10.1 Å². The monoisotopic (exact) mass is 469 g/mol. The lowest BCUT2D eigenvalue weighted by molar-refractivity contribution is -0.139. The molecule has 0 saturated carbocycles. The van der Waals surface area contributed by atoms with Crippen LogP contribution in [0, 0.1) is 11.6 Å². The Morgan fingerprint density at radius 1 is 1.09 bits per heavy atom. The number of rotatable bonds is 9. The molecule has 0 aliphatic carbocycles. The highest BCUT2D eigenvalue weighted by molar-refractivity contribution is 5.97. The number of carboxylic acids is 1. The fourth-order valence-corrected chi connectivity index (χ4v) is 3.57. The number of amides is 1. The van der Waals surface area contributed by atoms with E-state index in [1.165, 1.54) is 19.2 Å². The van der Waals surface area contributed by atoms with Crippen LogP contribution in [-0.4, -0.2) is 41.5 Å². The molecular formula is C25H21F2NO6. The van der Waals surface area contributed by atoms with E-state index in [0.29, 0.717) is 39.9 Å². The molecule has 0 aromatic heterocycles. The minimum atomic E-state index is -1.44. The van der Waals surface area contributed by atoms with Gasteiger partial charge in [0.15, 0.2) is 0 Å². The van der Waals surface area contributed by atoms with Gasteiger partial charge in [-0.15, -0.1) is 0 Å². The van der Waals surface area contributed by atoms with Crippen LogP contribution in [0.25, 0.3) is 11.1 Å². The molecule has 0 radical (unpaired) electrons. The molecule has 0 saturated heterocycles. The van der Waals surface area contributed by atoms with Crippen LogP contribution in [-0.2, 0) is 17.8 Å². The van der Waals surface area contributed by atoms with Crippen molar-refractivity contribution < 1.29 is 38.1 Å². The maximum Gasteiger partial charge on any atom is 0.326 e. The highest BCUT2D eigenvalue weighted by atomic mass is 19.1. The van der Waals surface area contributed by atoms with Crippen molar-refractivity contribution in [2.24, 2.45) is 0 Å². The summed E-state index contributed by atoms with van der Waals surface area (Å²) in [7, 11) is 1.43. The Hall–Kier alpha value is -4.11. The SMILES string of the molecule is COc1cc(C=O)cc(CO)c1-c1ccc(C[C@H](NC(=O)c2c(F)cccc2F)C(=O)O)cc1. The van der Waals surface area contributed by atoms with Crippen molar-refractivity contribution in [1.29, 1.82) is 0 Å². The number of hydrogen-bond acceptors (Lipinski definition) is 5. The van der Waals surface area contributed by atoms with Crippen LogP contribution in [0.15, 0.2) is 54.6 Å². The van der Waals surface area contributed by atoms with Gasteiger partial charge in [0.1, 0.15) is 35.3 Å². The number of hydrogen-bond donors (Lipinski definition) is 3. The molecule has 3 aromatic carbocycles. The van der Waals surface area contributed by atoms with Gasteiger partial charge in [0.2, 0.25) is 0 Å². The fourth-order valence-electron chi connectivity index (χ4n) is 3.57. The Morgan fingerprint density at radius 2 is 1.74 bits per heavy atom. The first kappa shape index (κ1) is 24.5. The van der Waals surface area contributed by atoms with Gasteiger partial charge in [-0.2, -0.15) is 0 Å². The number of ether oxygens (including phenoxy) is 1. The molecule has 0 unspecified atom stereocenters. The summed E-state index contributed by atoms with van der Waals surface area (Å²) < 4.78 is 33.1. The third-order valence-corrected chi connectivity index (χ3v) is 5.21. The van der Waals surface area contributed by atoms with Crippen molar-refractivity contribution in [1.82, 2.24) is 5.32 Å². The average molecular weight is 469 g/mol. The van der Waals surface area contributed by atoms with Gasteiger partial charge in [-0.05, 0) is 41.0 Å². The third kappa shape index (κ3) is 5.26. The minimum absolute atomic E-state index is 0.147. The van der Waals surface area contributed by atoms with Crippen molar-refractivity contribution in [2.75, 3.05) is 7.11 Å². The Bertz CT molecular complexity index is 1180. The van der Waals surface area contributed by atoms with Crippen molar-refractivity contribution in [3.63, 3.8) is 0 Å². The molecule has 0 spiro atoms. The van der Waals surface area contributed by atoms with Gasteiger partial charge in [0.05, 0.1) is 13.7 Å². The zero-order chi connectivity index (χ0) is 24.8. The Balaban J connectivity index is 1.85. The molecule has 0 heterocycles. The first-order valence-corrected chi connectivity index (χ1v) is 10.1. The predicted octanol–water partition coefficient (Wildman–Crippen LogP) is 3.37. The number of carboxylic acid groups (broad SMARTS) is 1. The van der Waals surface area contributed by atoms with E-state index in [2.05, 4.69) is 5.32 Å². The van der Waals surface area contributed by atoms with E-state index in [-0.39, 0.29) is 13.0 Å². The summed E-state index contributed by atoms with van der Waals surface area (Å²) in [6.45, 7) is -0.338. The van der Waals surface area contributed by atoms with Crippen LogP contribution in [0.3, 0.4) is 0 Å². The molecule has 0 aliphatic heterocycles. The summed E-state index contributed by atoms with van der Waals surface area (Å²) in [6.07, 6.45) is 0.494. The summed E-state index contributed by atoms with van der Waals surface area (Å²) in [5.41, 5.74) is 1.70. The predicted molar refractivity (Wildman–Crippen MR) is 119 cm³/mol. The van der Waals surface area contributed by atoms with Crippen molar-refractivity contribution >= 4 is 18.2 Å². The van der Waals surface area contributed by atoms with Crippen LogP contribution in [0.2, 0.25) is 0 Å². The molecule has 3 rings (SSSR count). The number of methoxy groups -OCH3 is 1. The zero-order valence-electron chi connectivity index (χ0n) is 18.0. The largest absolute Gasteiger partial charge is 0.496 e. The van der Waals surface area contributed by atoms with Gasteiger partial charge >= 0.3 is 5.97 Å². The topological polar surface area (TPSA) is 113 Å². The van der Waals surface area contributed by atoms with Crippen LogP contribution in [0.4, 0.5) is 8.78 Å². The summed E-state index contributed by atoms with van der Waals surface area (Å²) >= 11 is 0. The molecular weight excluding hydrogens is 448 g/mol. The Labute approximate surface area is 193 Å². The first-order chi connectivity index (χ1) is 16.3. The summed E-state index contributed by atoms with van der Waals surface area (Å²) in [5.74, 6) is -4.36. The number of halogens is 2. The van der Waals surface area contributed by atoms with Gasteiger partial charge in [0, 0.05) is 17.5 Å². The highest BCUT2D eigenvalue weighted by Crippen LogP contribution is 2.35. The second-order valence-corrected chi connectivity index (χ2v) is 7.40. The number of aliphatic hydroxyl groups is 1. The number of carbonyl (C=O) groups excluding carboxylic acids is 2. The number of aldehydes is 1. The quantitative estimate of drug-likeness (QED) is 0.414. The lowest BCUT2D eigenvalue weighted by Crippen LogP contribution is -2.42. The molecule has 0 fully saturated rings. The minimum Gasteiger partial charge on any atom is -0.496 e. The number of aliphatic hydroxyl groups excluding tert-OH is 1. The third-order valence-electron chi connectivity index (χ3n) is 5.21. The van der Waals surface area contributed by atoms with Gasteiger partial charge in [-0.25, -0.2) is 13.6 Å². The first-order valence-electron chi connectivity index (χ1n) is 10.1. The van der Waals surface area contributed by atoms with Crippen LogP contribution >= 0.6 is 0 Å². The van der Waals surface area contributed by atoms with E-state index in [0.717, 1.165) is 18.2 Å². The van der Waals surface area contributed by atoms with E-state index >= 15 is 0 Å². The van der Waals surface area contributed by atoms with Gasteiger partial charge in [0.25, 0.3) is 5.91 Å². The van der Waals surface area contributed by atoms with Gasteiger partial charge in [-0.3, -0.25) is 9.59 Å². The molecule has 176 valence electrons. The molecule has 7 nitrogen and oxygen atoms in total. The molecule has 9 heteroatoms. The van der Waals surface area contributed by atoms with Gasteiger partial charge < -0.3 is 20.3 Å². The Morgan fingerprint density at radius 3 is 2.26 bits per heavy atom. The number of aliphatic carboxylic acids is 1. The second-order valence-electron chi connectivity index (χ2n) is 7.40. The standard InChI is InChI=1S/C25H21F2NO6/c1-34-21-11-15(12-29)9-17(13-30)22(21)16-7-5-14(6-8-16)10-20(25(32)33)28-24(31)23-18(26)3-2-4-19(23)27/h2-9,11-12,20,30H,10,13H2,1H3,(H,28,31)(H,32,33)/t20-/m0/s1. The van der Waals surface area contributed by atoms with E-state index in [1.807, 2.05) is 0 Å². The number of carbonyl (C=O) groups is 3. The molecule has 1 atom stereocenters. The molecule has 3 N–H and O–H groups in total. The second kappa shape index (κ2) is 10.7.